The summed E-state index contributed by atoms with van der Waals surface area (Å²) >= 11 is 5.75. The molecule has 1 saturated heterocycles. The number of nitrogens with one attached hydrogen (secondary N) is 2. The smallest absolute Gasteiger partial charge is 0.335 e. The van der Waals surface area contributed by atoms with Crippen LogP contribution in [0.1, 0.15) is 40.3 Å². The summed E-state index contributed by atoms with van der Waals surface area (Å²) in [5.41, 5.74) is 3.03. The molecule has 5 rings (SSSR count). The number of carbonyl (C=O) groups is 1. The van der Waals surface area contributed by atoms with E-state index in [4.69, 9.17) is 16.6 Å². The van der Waals surface area contributed by atoms with E-state index in [-0.39, 0.29) is 17.6 Å². The van der Waals surface area contributed by atoms with Gasteiger partial charge in [0, 0.05) is 30.5 Å². The number of pyridine rings is 1. The fraction of sp³-hybridized carbons (Fsp3) is 0.179. The lowest BCUT2D eigenvalue weighted by atomic mass is 10.0. The number of benzene rings is 2. The quantitative estimate of drug-likeness (QED) is 0.205. The largest absolute Gasteiger partial charge is 0.478 e. The minimum atomic E-state index is -0.956. The summed E-state index contributed by atoms with van der Waals surface area (Å²) in [7, 11) is 0. The first-order chi connectivity index (χ1) is 17.6. The van der Waals surface area contributed by atoms with E-state index in [1.807, 2.05) is 48.5 Å². The molecule has 1 fully saturated rings. The maximum Gasteiger partial charge on any atom is 0.335 e. The fourth-order valence-corrected chi connectivity index (χ4v) is 4.77. The van der Waals surface area contributed by atoms with E-state index >= 15 is 0 Å². The third-order valence-electron chi connectivity index (χ3n) is 6.21. The van der Waals surface area contributed by atoms with Gasteiger partial charge in [-0.2, -0.15) is 0 Å². The fourth-order valence-electron chi connectivity index (χ4n) is 4.44. The van der Waals surface area contributed by atoms with Crippen LogP contribution in [0.25, 0.3) is 11.3 Å². The molecule has 1 aliphatic rings. The maximum atomic E-state index is 11.2. The van der Waals surface area contributed by atoms with Crippen LogP contribution in [-0.2, 0) is 0 Å². The molecule has 0 aliphatic carbocycles. The summed E-state index contributed by atoms with van der Waals surface area (Å²) in [5.74, 6) is 0.486. The van der Waals surface area contributed by atoms with Gasteiger partial charge in [0.2, 0.25) is 0 Å². The van der Waals surface area contributed by atoms with Gasteiger partial charge in [-0.3, -0.25) is 4.98 Å². The molecule has 2 atom stereocenters. The van der Waals surface area contributed by atoms with Gasteiger partial charge in [0.05, 0.1) is 17.3 Å². The summed E-state index contributed by atoms with van der Waals surface area (Å²) in [5, 5.41) is 16.7. The maximum absolute atomic E-state index is 11.2. The number of hydrogen-bond acceptors (Lipinski definition) is 5. The van der Waals surface area contributed by atoms with Crippen LogP contribution >= 0.6 is 12.2 Å². The number of para-hydroxylation sites is 1. The van der Waals surface area contributed by atoms with Gasteiger partial charge in [-0.25, -0.2) is 4.79 Å². The second-order valence-electron chi connectivity index (χ2n) is 8.55. The normalized spacial score (nSPS) is 17.1. The Labute approximate surface area is 214 Å². The first-order valence-corrected chi connectivity index (χ1v) is 12.2. The lowest BCUT2D eigenvalue weighted by Crippen LogP contribution is -2.31. The number of aromatic nitrogens is 1. The Morgan fingerprint density at radius 2 is 1.81 bits per heavy atom. The summed E-state index contributed by atoms with van der Waals surface area (Å²) in [6.45, 7) is 1.55. The van der Waals surface area contributed by atoms with E-state index in [9.17, 15) is 9.90 Å². The number of rotatable bonds is 9. The van der Waals surface area contributed by atoms with Crippen molar-refractivity contribution in [3.8, 4) is 11.3 Å². The number of hydrogen-bond donors (Lipinski definition) is 3. The zero-order valence-electron chi connectivity index (χ0n) is 19.5. The summed E-state index contributed by atoms with van der Waals surface area (Å²) in [6, 6.07) is 26.2. The van der Waals surface area contributed by atoms with E-state index in [2.05, 4.69) is 32.7 Å². The van der Waals surface area contributed by atoms with Crippen molar-refractivity contribution in [1.82, 2.24) is 15.2 Å². The Kier molecular flexibility index (Phi) is 6.95. The van der Waals surface area contributed by atoms with Crippen molar-refractivity contribution >= 4 is 29.0 Å². The monoisotopic (exact) mass is 498 g/mol. The predicted octanol–water partition coefficient (Wildman–Crippen LogP) is 5.51. The van der Waals surface area contributed by atoms with E-state index < -0.39 is 5.97 Å². The molecule has 2 aromatic heterocycles. The zero-order valence-corrected chi connectivity index (χ0v) is 20.3. The molecule has 0 spiro atoms. The second-order valence-corrected chi connectivity index (χ2v) is 8.94. The van der Waals surface area contributed by atoms with E-state index in [1.54, 1.807) is 30.5 Å². The molecule has 2 unspecified atom stereocenters. The van der Waals surface area contributed by atoms with Gasteiger partial charge >= 0.3 is 5.97 Å². The molecule has 7 nitrogen and oxygen atoms in total. The van der Waals surface area contributed by atoms with Crippen molar-refractivity contribution in [3.63, 3.8) is 0 Å². The van der Waals surface area contributed by atoms with Crippen LogP contribution in [0.3, 0.4) is 0 Å². The topological polar surface area (TPSA) is 90.6 Å². The Morgan fingerprint density at radius 3 is 2.53 bits per heavy atom. The molecule has 4 aromatic rings. The molecular weight excluding hydrogens is 472 g/mol. The van der Waals surface area contributed by atoms with Crippen molar-refractivity contribution in [2.75, 3.05) is 18.4 Å². The Morgan fingerprint density at radius 1 is 1.03 bits per heavy atom. The molecule has 36 heavy (non-hydrogen) atoms. The van der Waals surface area contributed by atoms with Gasteiger partial charge in [0.1, 0.15) is 17.6 Å². The van der Waals surface area contributed by atoms with Crippen molar-refractivity contribution < 1.29 is 14.3 Å². The molecular formula is C28H26N4O3S. The zero-order chi connectivity index (χ0) is 24.9. The molecule has 0 saturated carbocycles. The second kappa shape index (κ2) is 10.6. The van der Waals surface area contributed by atoms with Crippen LogP contribution in [0.5, 0.6) is 0 Å². The van der Waals surface area contributed by atoms with Crippen molar-refractivity contribution in [1.29, 1.82) is 0 Å². The minimum Gasteiger partial charge on any atom is -0.478 e. The van der Waals surface area contributed by atoms with Crippen LogP contribution in [0.4, 0.5) is 5.69 Å². The standard InChI is InChI=1S/C28H26N4O3S/c33-27(34)20-12-10-19(11-13-20)23-14-15-24(35-23)26-25(22-9-4-5-16-30-22)31-28(36)32(26)18-6-17-29-21-7-2-1-3-8-21/h1-5,7-16,25-26,29H,6,17-18H2,(H,31,36)(H,33,34). The minimum absolute atomic E-state index is 0.158. The van der Waals surface area contributed by atoms with Crippen LogP contribution in [-0.4, -0.2) is 39.2 Å². The van der Waals surface area contributed by atoms with Crippen molar-refractivity contribution in [2.45, 2.75) is 18.5 Å². The Bertz CT molecular complexity index is 1330. The molecule has 3 heterocycles. The molecule has 8 heteroatoms. The molecule has 3 N–H and O–H groups in total. The molecule has 182 valence electrons. The van der Waals surface area contributed by atoms with Crippen LogP contribution in [0, 0.1) is 0 Å². The molecule has 2 aromatic carbocycles. The van der Waals surface area contributed by atoms with Gasteiger partial charge in [-0.15, -0.1) is 0 Å². The Balaban J connectivity index is 1.37. The lowest BCUT2D eigenvalue weighted by molar-refractivity contribution is 0.0697. The number of aromatic carboxylic acids is 1. The van der Waals surface area contributed by atoms with E-state index in [0.29, 0.717) is 10.9 Å². The molecule has 0 radical (unpaired) electrons. The van der Waals surface area contributed by atoms with Crippen LogP contribution in [0.15, 0.2) is 95.5 Å². The number of carboxylic acids is 1. The number of furan rings is 1. The van der Waals surface area contributed by atoms with E-state index in [0.717, 1.165) is 42.2 Å². The highest BCUT2D eigenvalue weighted by molar-refractivity contribution is 7.80. The van der Waals surface area contributed by atoms with Crippen LogP contribution in [0.2, 0.25) is 0 Å². The SMILES string of the molecule is O=C(O)c1ccc(-c2ccc(C3C(c4ccccn4)NC(=S)N3CCCNc3ccccc3)o2)cc1. The van der Waals surface area contributed by atoms with Gasteiger partial charge in [0.25, 0.3) is 0 Å². The van der Waals surface area contributed by atoms with Crippen molar-refractivity contribution in [3.05, 3.63) is 108 Å². The Hall–Kier alpha value is -4.17. The lowest BCUT2D eigenvalue weighted by Gasteiger charge is -2.26. The highest BCUT2D eigenvalue weighted by Gasteiger charge is 2.41. The number of anilines is 1. The van der Waals surface area contributed by atoms with E-state index in [1.165, 1.54) is 0 Å². The molecule has 0 bridgehead atoms. The number of thiocarbonyl (C=S) groups is 1. The third-order valence-corrected chi connectivity index (χ3v) is 6.56. The van der Waals surface area contributed by atoms with Gasteiger partial charge < -0.3 is 25.1 Å². The average Bonchev–Trinajstić information content (AvgIpc) is 3.52. The number of nitrogens with zero attached hydrogens (tertiary/aromatic N) is 2. The summed E-state index contributed by atoms with van der Waals surface area (Å²) in [4.78, 5) is 17.9. The van der Waals surface area contributed by atoms with Crippen LogP contribution < -0.4 is 10.6 Å². The highest BCUT2D eigenvalue weighted by Crippen LogP contribution is 2.40. The molecule has 0 amide bonds. The number of carboxylic acid groups (broad SMARTS) is 1. The average molecular weight is 499 g/mol. The van der Waals surface area contributed by atoms with Gasteiger partial charge in [-0.05, 0) is 67.2 Å². The first-order valence-electron chi connectivity index (χ1n) is 11.8. The van der Waals surface area contributed by atoms with Gasteiger partial charge in [0.15, 0.2) is 5.11 Å². The highest BCUT2D eigenvalue weighted by atomic mass is 32.1. The van der Waals surface area contributed by atoms with Gasteiger partial charge in [-0.1, -0.05) is 36.4 Å². The van der Waals surface area contributed by atoms with Crippen molar-refractivity contribution in [2.24, 2.45) is 0 Å². The third kappa shape index (κ3) is 5.08. The predicted molar refractivity (Wildman–Crippen MR) is 143 cm³/mol. The molecule has 1 aliphatic heterocycles. The summed E-state index contributed by atoms with van der Waals surface area (Å²) in [6.07, 6.45) is 2.66. The summed E-state index contributed by atoms with van der Waals surface area (Å²) < 4.78 is 6.33. The first kappa shape index (κ1) is 23.6.